The highest BCUT2D eigenvalue weighted by Crippen LogP contribution is 2.32. The van der Waals surface area contributed by atoms with E-state index in [0.29, 0.717) is 5.15 Å². The molecule has 0 fully saturated rings. The third kappa shape index (κ3) is 3.37. The van der Waals surface area contributed by atoms with Crippen LogP contribution in [0.1, 0.15) is 18.9 Å². The van der Waals surface area contributed by atoms with Crippen molar-refractivity contribution < 1.29 is 0 Å². The van der Waals surface area contributed by atoms with E-state index >= 15 is 0 Å². The highest BCUT2D eigenvalue weighted by Gasteiger charge is 2.10. The first-order valence-corrected chi connectivity index (χ1v) is 7.20. The van der Waals surface area contributed by atoms with Crippen molar-refractivity contribution in [3.05, 3.63) is 46.3 Å². The number of hydrogen-bond acceptors (Lipinski definition) is 3. The highest BCUT2D eigenvalue weighted by molar-refractivity contribution is 7.99. The molecule has 0 saturated carbocycles. The van der Waals surface area contributed by atoms with Crippen LogP contribution >= 0.6 is 35.0 Å². The average Bonchev–Trinajstić information content (AvgIpc) is 2.36. The lowest BCUT2D eigenvalue weighted by Gasteiger charge is -2.08. The summed E-state index contributed by atoms with van der Waals surface area (Å²) in [6.45, 7) is 2.11. The summed E-state index contributed by atoms with van der Waals surface area (Å²) in [6, 6.07) is 7.68. The predicted octanol–water partition coefficient (Wildman–Crippen LogP) is 4.89. The Morgan fingerprint density at radius 1 is 1.11 bits per heavy atom. The van der Waals surface area contributed by atoms with Gasteiger partial charge in [-0.3, -0.25) is 0 Å². The second-order valence-electron chi connectivity index (χ2n) is 3.75. The zero-order chi connectivity index (χ0) is 13.0. The maximum Gasteiger partial charge on any atom is 0.136 e. The molecule has 2 nitrogen and oxygen atoms in total. The van der Waals surface area contributed by atoms with Crippen molar-refractivity contribution in [1.82, 2.24) is 9.97 Å². The van der Waals surface area contributed by atoms with Crippen LogP contribution in [0.15, 0.2) is 40.5 Å². The second-order valence-corrected chi connectivity index (χ2v) is 5.61. The number of hydrogen-bond donors (Lipinski definition) is 0. The molecule has 2 rings (SSSR count). The maximum absolute atomic E-state index is 6.11. The standard InChI is InChI=1S/C13H12Cl2N2S/c1-2-3-11-12(15)16-8-17-13(11)18-10-6-4-9(14)5-7-10/h4-8H,2-3H2,1H3. The van der Waals surface area contributed by atoms with Gasteiger partial charge in [0.2, 0.25) is 0 Å². The lowest BCUT2D eigenvalue weighted by Crippen LogP contribution is -1.95. The summed E-state index contributed by atoms with van der Waals surface area (Å²) >= 11 is 13.6. The molecule has 0 saturated heterocycles. The van der Waals surface area contributed by atoms with Gasteiger partial charge < -0.3 is 0 Å². The molecule has 1 heterocycles. The first-order valence-electron chi connectivity index (χ1n) is 5.63. The van der Waals surface area contributed by atoms with Crippen molar-refractivity contribution in [1.29, 1.82) is 0 Å². The van der Waals surface area contributed by atoms with E-state index < -0.39 is 0 Å². The number of halogens is 2. The Kier molecular flexibility index (Phi) is 4.87. The van der Waals surface area contributed by atoms with Crippen LogP contribution in [0, 0.1) is 0 Å². The summed E-state index contributed by atoms with van der Waals surface area (Å²) < 4.78 is 0. The first kappa shape index (κ1) is 13.7. The van der Waals surface area contributed by atoms with E-state index in [1.165, 1.54) is 6.33 Å². The van der Waals surface area contributed by atoms with Crippen molar-refractivity contribution in [2.75, 3.05) is 0 Å². The summed E-state index contributed by atoms with van der Waals surface area (Å²) in [7, 11) is 0. The Morgan fingerprint density at radius 3 is 2.50 bits per heavy atom. The maximum atomic E-state index is 6.11. The van der Waals surface area contributed by atoms with E-state index in [1.807, 2.05) is 24.3 Å². The number of rotatable bonds is 4. The summed E-state index contributed by atoms with van der Waals surface area (Å²) in [5, 5.41) is 2.19. The molecule has 2 aromatic rings. The van der Waals surface area contributed by atoms with Gasteiger partial charge in [0.25, 0.3) is 0 Å². The minimum Gasteiger partial charge on any atom is -0.229 e. The number of benzene rings is 1. The topological polar surface area (TPSA) is 25.8 Å². The molecule has 0 unspecified atom stereocenters. The van der Waals surface area contributed by atoms with Gasteiger partial charge in [-0.1, -0.05) is 48.3 Å². The zero-order valence-corrected chi connectivity index (χ0v) is 12.2. The monoisotopic (exact) mass is 298 g/mol. The van der Waals surface area contributed by atoms with Gasteiger partial charge in [0.15, 0.2) is 0 Å². The molecule has 0 atom stereocenters. The fourth-order valence-electron chi connectivity index (χ4n) is 1.54. The molecule has 0 aliphatic heterocycles. The molecule has 0 bridgehead atoms. The second kappa shape index (κ2) is 6.41. The Labute approximate surface area is 121 Å². The van der Waals surface area contributed by atoms with Crippen LogP contribution in [0.2, 0.25) is 10.2 Å². The largest absolute Gasteiger partial charge is 0.229 e. The van der Waals surface area contributed by atoms with E-state index in [9.17, 15) is 0 Å². The van der Waals surface area contributed by atoms with Gasteiger partial charge >= 0.3 is 0 Å². The Hall–Kier alpha value is -0.770. The van der Waals surface area contributed by atoms with Crippen LogP contribution in [-0.2, 0) is 6.42 Å². The van der Waals surface area contributed by atoms with Crippen LogP contribution < -0.4 is 0 Å². The van der Waals surface area contributed by atoms with E-state index in [0.717, 1.165) is 33.3 Å². The molecular weight excluding hydrogens is 287 g/mol. The average molecular weight is 299 g/mol. The van der Waals surface area contributed by atoms with Crippen molar-refractivity contribution >= 4 is 35.0 Å². The van der Waals surface area contributed by atoms with E-state index in [4.69, 9.17) is 23.2 Å². The molecule has 0 radical (unpaired) electrons. The summed E-state index contributed by atoms with van der Waals surface area (Å²) in [4.78, 5) is 9.43. The third-order valence-electron chi connectivity index (χ3n) is 2.38. The highest BCUT2D eigenvalue weighted by atomic mass is 35.5. The van der Waals surface area contributed by atoms with Gasteiger partial charge in [0.1, 0.15) is 16.5 Å². The molecule has 5 heteroatoms. The Balaban J connectivity index is 2.28. The molecule has 0 aliphatic carbocycles. The minimum absolute atomic E-state index is 0.545. The minimum atomic E-state index is 0.545. The number of nitrogens with zero attached hydrogens (tertiary/aromatic N) is 2. The molecule has 0 amide bonds. The quantitative estimate of drug-likeness (QED) is 0.752. The third-order valence-corrected chi connectivity index (χ3v) is 4.01. The molecule has 18 heavy (non-hydrogen) atoms. The summed E-state index contributed by atoms with van der Waals surface area (Å²) in [6.07, 6.45) is 3.40. The van der Waals surface area contributed by atoms with Gasteiger partial charge in [0, 0.05) is 15.5 Å². The zero-order valence-electron chi connectivity index (χ0n) is 9.86. The Bertz CT molecular complexity index is 529. The van der Waals surface area contributed by atoms with Crippen LogP contribution in [-0.4, -0.2) is 9.97 Å². The molecule has 0 spiro atoms. The summed E-state index contributed by atoms with van der Waals surface area (Å²) in [5.74, 6) is 0. The molecular formula is C13H12Cl2N2S. The van der Waals surface area contributed by atoms with Gasteiger partial charge in [-0.25, -0.2) is 9.97 Å². The van der Waals surface area contributed by atoms with Crippen molar-refractivity contribution in [2.45, 2.75) is 29.7 Å². The predicted molar refractivity (Wildman–Crippen MR) is 76.6 cm³/mol. The van der Waals surface area contributed by atoms with Gasteiger partial charge in [-0.15, -0.1) is 0 Å². The molecule has 0 aliphatic rings. The van der Waals surface area contributed by atoms with Crippen LogP contribution in [0.25, 0.3) is 0 Å². The Morgan fingerprint density at radius 2 is 1.83 bits per heavy atom. The van der Waals surface area contributed by atoms with Crippen molar-refractivity contribution in [3.63, 3.8) is 0 Å². The van der Waals surface area contributed by atoms with Gasteiger partial charge in [-0.2, -0.15) is 0 Å². The molecule has 1 aromatic heterocycles. The van der Waals surface area contributed by atoms with Gasteiger partial charge in [-0.05, 0) is 30.7 Å². The molecule has 0 N–H and O–H groups in total. The van der Waals surface area contributed by atoms with Gasteiger partial charge in [0.05, 0.1) is 0 Å². The lowest BCUT2D eigenvalue weighted by atomic mass is 10.2. The van der Waals surface area contributed by atoms with E-state index in [-0.39, 0.29) is 0 Å². The first-order chi connectivity index (χ1) is 8.70. The molecule has 1 aromatic carbocycles. The fraction of sp³-hybridized carbons (Fsp3) is 0.231. The fourth-order valence-corrected chi connectivity index (χ4v) is 2.87. The van der Waals surface area contributed by atoms with Crippen LogP contribution in [0.5, 0.6) is 0 Å². The SMILES string of the molecule is CCCc1c(Cl)ncnc1Sc1ccc(Cl)cc1. The normalized spacial score (nSPS) is 10.6. The van der Waals surface area contributed by atoms with E-state index in [2.05, 4.69) is 16.9 Å². The number of aromatic nitrogens is 2. The van der Waals surface area contributed by atoms with Crippen LogP contribution in [0.4, 0.5) is 0 Å². The van der Waals surface area contributed by atoms with Crippen molar-refractivity contribution in [3.8, 4) is 0 Å². The van der Waals surface area contributed by atoms with Crippen LogP contribution in [0.3, 0.4) is 0 Å². The smallest absolute Gasteiger partial charge is 0.136 e. The summed E-state index contributed by atoms with van der Waals surface area (Å²) in [5.41, 5.74) is 1.02. The van der Waals surface area contributed by atoms with Crippen molar-refractivity contribution in [2.24, 2.45) is 0 Å². The lowest BCUT2D eigenvalue weighted by molar-refractivity contribution is 0.856. The van der Waals surface area contributed by atoms with E-state index in [1.54, 1.807) is 11.8 Å². The molecule has 94 valence electrons.